The van der Waals surface area contributed by atoms with Crippen molar-refractivity contribution in [2.75, 3.05) is 0 Å². The number of aromatic nitrogens is 4. The van der Waals surface area contributed by atoms with E-state index in [2.05, 4.69) is 20.2 Å². The zero-order valence-corrected chi connectivity index (χ0v) is 12.0. The number of esters is 1. The molecular weight excluding hydrogens is 325 g/mol. The molecule has 1 N–H and O–H groups in total. The first-order valence-corrected chi connectivity index (χ1v) is 6.49. The first kappa shape index (κ1) is 16.2. The van der Waals surface area contributed by atoms with Crippen LogP contribution in [0.2, 0.25) is 5.02 Å². The van der Waals surface area contributed by atoms with Gasteiger partial charge >= 0.3 is 12.1 Å². The van der Waals surface area contributed by atoms with Crippen molar-refractivity contribution in [3.05, 3.63) is 40.2 Å². The molecule has 10 heteroatoms. The Kier molecular flexibility index (Phi) is 4.65. The molecule has 0 aliphatic heterocycles. The number of nitrogens with one attached hydrogen (secondary N) is 1. The smallest absolute Gasteiger partial charge is 0.433 e. The molecule has 0 fully saturated rings. The Bertz CT molecular complexity index is 687. The summed E-state index contributed by atoms with van der Waals surface area (Å²) in [6, 6.07) is 0.544. The molecule has 22 heavy (non-hydrogen) atoms. The van der Waals surface area contributed by atoms with Gasteiger partial charge in [0.25, 0.3) is 0 Å². The molecule has 0 aromatic carbocycles. The first-order chi connectivity index (χ1) is 10.3. The monoisotopic (exact) mass is 334 g/mol. The van der Waals surface area contributed by atoms with E-state index in [0.717, 1.165) is 6.20 Å². The molecule has 0 unspecified atom stereocenters. The van der Waals surface area contributed by atoms with Gasteiger partial charge in [0, 0.05) is 12.6 Å². The standard InChI is InChI=1S/C12H10ClF3N4O2/c1-2-9-18-10(20-19-9)5-22-11(21)6-3-8(12(14,15)16)17-4-7(6)13/h3-4H,2,5H2,1H3,(H,18,19,20). The molecule has 0 saturated heterocycles. The summed E-state index contributed by atoms with van der Waals surface area (Å²) in [6.07, 6.45) is -3.33. The third-order valence-electron chi connectivity index (χ3n) is 2.60. The number of carbonyl (C=O) groups is 1. The van der Waals surface area contributed by atoms with E-state index >= 15 is 0 Å². The number of nitrogens with zero attached hydrogens (tertiary/aromatic N) is 3. The Morgan fingerprint density at radius 1 is 1.45 bits per heavy atom. The second-order valence-corrected chi connectivity index (χ2v) is 4.58. The highest BCUT2D eigenvalue weighted by atomic mass is 35.5. The van der Waals surface area contributed by atoms with E-state index in [9.17, 15) is 18.0 Å². The lowest BCUT2D eigenvalue weighted by molar-refractivity contribution is -0.141. The van der Waals surface area contributed by atoms with Gasteiger partial charge in [-0.05, 0) is 6.07 Å². The fraction of sp³-hybridized carbons (Fsp3) is 0.333. The van der Waals surface area contributed by atoms with Crippen LogP contribution >= 0.6 is 11.6 Å². The van der Waals surface area contributed by atoms with Gasteiger partial charge in [-0.2, -0.15) is 18.3 Å². The van der Waals surface area contributed by atoms with Crippen molar-refractivity contribution in [1.29, 1.82) is 0 Å². The minimum atomic E-state index is -4.68. The second-order valence-electron chi connectivity index (χ2n) is 4.18. The maximum absolute atomic E-state index is 12.6. The third-order valence-corrected chi connectivity index (χ3v) is 2.90. The van der Waals surface area contributed by atoms with E-state index in [1.807, 2.05) is 6.92 Å². The maximum Gasteiger partial charge on any atom is 0.433 e. The van der Waals surface area contributed by atoms with Crippen LogP contribution in [0.4, 0.5) is 13.2 Å². The zero-order valence-electron chi connectivity index (χ0n) is 11.2. The number of carbonyl (C=O) groups excluding carboxylic acids is 1. The molecule has 2 heterocycles. The Morgan fingerprint density at radius 3 is 2.77 bits per heavy atom. The fourth-order valence-corrected chi connectivity index (χ4v) is 1.70. The highest BCUT2D eigenvalue weighted by Crippen LogP contribution is 2.30. The number of halogens is 4. The van der Waals surface area contributed by atoms with Crippen LogP contribution in [0.5, 0.6) is 0 Å². The van der Waals surface area contributed by atoms with E-state index < -0.39 is 23.4 Å². The SMILES string of the molecule is CCc1n[nH]c(COC(=O)c2cc(C(F)(F)F)ncc2Cl)n1. The average Bonchev–Trinajstić information content (AvgIpc) is 2.92. The second kappa shape index (κ2) is 6.30. The van der Waals surface area contributed by atoms with Crippen molar-refractivity contribution in [3.63, 3.8) is 0 Å². The Labute approximate surface area is 127 Å². The summed E-state index contributed by atoms with van der Waals surface area (Å²) in [4.78, 5) is 19.0. The number of aromatic amines is 1. The predicted molar refractivity (Wildman–Crippen MR) is 69.1 cm³/mol. The van der Waals surface area contributed by atoms with Gasteiger partial charge in [0.05, 0.1) is 10.6 Å². The van der Waals surface area contributed by atoms with E-state index in [1.165, 1.54) is 0 Å². The molecule has 0 atom stereocenters. The molecule has 118 valence electrons. The summed E-state index contributed by atoms with van der Waals surface area (Å²) in [5.41, 5.74) is -1.64. The lowest BCUT2D eigenvalue weighted by Crippen LogP contribution is -2.12. The molecule has 6 nitrogen and oxygen atoms in total. The van der Waals surface area contributed by atoms with Crippen LogP contribution in [0.3, 0.4) is 0 Å². The van der Waals surface area contributed by atoms with Gasteiger partial charge in [-0.25, -0.2) is 9.78 Å². The van der Waals surface area contributed by atoms with Crippen LogP contribution in [0.1, 0.15) is 34.6 Å². The molecule has 0 bridgehead atoms. The van der Waals surface area contributed by atoms with Crippen molar-refractivity contribution >= 4 is 17.6 Å². The number of hydrogen-bond acceptors (Lipinski definition) is 5. The Hall–Kier alpha value is -2.16. The fourth-order valence-electron chi connectivity index (χ4n) is 1.52. The van der Waals surface area contributed by atoms with Crippen LogP contribution < -0.4 is 0 Å². The minimum Gasteiger partial charge on any atom is -0.454 e. The molecule has 2 rings (SSSR count). The average molecular weight is 335 g/mol. The molecule has 2 aromatic rings. The minimum absolute atomic E-state index is 0.232. The summed E-state index contributed by atoms with van der Waals surface area (Å²) < 4.78 is 42.6. The van der Waals surface area contributed by atoms with Gasteiger partial charge in [0.1, 0.15) is 5.69 Å². The summed E-state index contributed by atoms with van der Waals surface area (Å²) in [5, 5.41) is 6.16. The van der Waals surface area contributed by atoms with E-state index in [0.29, 0.717) is 18.3 Å². The lowest BCUT2D eigenvalue weighted by atomic mass is 10.2. The normalized spacial score (nSPS) is 11.5. The quantitative estimate of drug-likeness (QED) is 0.870. The Balaban J connectivity index is 2.12. The molecule has 2 aromatic heterocycles. The third kappa shape index (κ3) is 3.73. The van der Waals surface area contributed by atoms with Crippen LogP contribution in [0.15, 0.2) is 12.3 Å². The number of alkyl halides is 3. The topological polar surface area (TPSA) is 80.8 Å². The van der Waals surface area contributed by atoms with Crippen molar-refractivity contribution in [2.24, 2.45) is 0 Å². The van der Waals surface area contributed by atoms with E-state index in [-0.39, 0.29) is 17.5 Å². The highest BCUT2D eigenvalue weighted by Gasteiger charge is 2.33. The molecular formula is C12H10ClF3N4O2. The van der Waals surface area contributed by atoms with Gasteiger partial charge in [-0.3, -0.25) is 10.1 Å². The van der Waals surface area contributed by atoms with Gasteiger partial charge in [0.15, 0.2) is 18.3 Å². The molecule has 0 radical (unpaired) electrons. The predicted octanol–water partition coefficient (Wildman–Crippen LogP) is 2.79. The maximum atomic E-state index is 12.6. The van der Waals surface area contributed by atoms with Crippen LogP contribution in [0, 0.1) is 0 Å². The molecule has 0 amide bonds. The number of rotatable bonds is 4. The van der Waals surface area contributed by atoms with Crippen molar-refractivity contribution in [1.82, 2.24) is 20.2 Å². The number of aryl methyl sites for hydroxylation is 1. The highest BCUT2D eigenvalue weighted by molar-refractivity contribution is 6.33. The molecule has 0 saturated carbocycles. The number of ether oxygens (including phenoxy) is 1. The van der Waals surface area contributed by atoms with Crippen molar-refractivity contribution in [2.45, 2.75) is 26.1 Å². The van der Waals surface area contributed by atoms with Gasteiger partial charge < -0.3 is 4.74 Å². The number of hydrogen-bond donors (Lipinski definition) is 1. The van der Waals surface area contributed by atoms with Crippen LogP contribution in [-0.2, 0) is 23.9 Å². The van der Waals surface area contributed by atoms with Gasteiger partial charge in [-0.15, -0.1) is 0 Å². The summed E-state index contributed by atoms with van der Waals surface area (Å²) in [7, 11) is 0. The van der Waals surface area contributed by atoms with E-state index in [1.54, 1.807) is 0 Å². The van der Waals surface area contributed by atoms with Crippen molar-refractivity contribution < 1.29 is 22.7 Å². The van der Waals surface area contributed by atoms with Crippen LogP contribution in [0.25, 0.3) is 0 Å². The summed E-state index contributed by atoms with van der Waals surface area (Å²) in [5.74, 6) is -0.189. The number of H-pyrrole nitrogens is 1. The Morgan fingerprint density at radius 2 is 2.18 bits per heavy atom. The van der Waals surface area contributed by atoms with Gasteiger partial charge in [0.2, 0.25) is 0 Å². The lowest BCUT2D eigenvalue weighted by Gasteiger charge is -2.09. The van der Waals surface area contributed by atoms with Crippen LogP contribution in [-0.4, -0.2) is 26.1 Å². The molecule has 0 aliphatic rings. The molecule has 0 spiro atoms. The zero-order chi connectivity index (χ0) is 16.3. The number of pyridine rings is 1. The van der Waals surface area contributed by atoms with Gasteiger partial charge in [-0.1, -0.05) is 18.5 Å². The summed E-state index contributed by atoms with van der Waals surface area (Å²) >= 11 is 5.68. The summed E-state index contributed by atoms with van der Waals surface area (Å²) in [6.45, 7) is 1.58. The largest absolute Gasteiger partial charge is 0.454 e. The van der Waals surface area contributed by atoms with Crippen molar-refractivity contribution in [3.8, 4) is 0 Å². The molecule has 0 aliphatic carbocycles. The van der Waals surface area contributed by atoms with E-state index in [4.69, 9.17) is 16.3 Å². The first-order valence-electron chi connectivity index (χ1n) is 6.11.